The average Bonchev–Trinajstić information content (AvgIpc) is 2.45. The molecule has 3 nitrogen and oxygen atoms in total. The Labute approximate surface area is 143 Å². The summed E-state index contributed by atoms with van der Waals surface area (Å²) >= 11 is -5.27. The van der Waals surface area contributed by atoms with Crippen molar-refractivity contribution < 1.29 is 29.3 Å². The molecule has 128 valence electrons. The quantitative estimate of drug-likeness (QED) is 0.396. The van der Waals surface area contributed by atoms with Crippen LogP contribution in [0.2, 0.25) is 17.7 Å². The molecule has 0 aliphatic rings. The van der Waals surface area contributed by atoms with Gasteiger partial charge in [-0.3, -0.25) is 0 Å². The van der Waals surface area contributed by atoms with Crippen LogP contribution in [0.3, 0.4) is 0 Å². The third-order valence-electron chi connectivity index (χ3n) is 4.24. The molecule has 0 atom stereocenters. The predicted molar refractivity (Wildman–Crippen MR) is 89.7 cm³/mol. The Bertz CT molecular complexity index is 196. The number of hydrogen-bond acceptors (Lipinski definition) is 1. The maximum atomic E-state index is 8.81. The molecule has 0 aromatic rings. The van der Waals surface area contributed by atoms with Gasteiger partial charge in [0.2, 0.25) is 0 Å². The number of unbranched alkanes of at least 4 members (excludes halogenated alkanes) is 4. The molecule has 21 heavy (non-hydrogen) atoms. The zero-order valence-corrected chi connectivity index (χ0v) is 19.2. The van der Waals surface area contributed by atoms with E-state index in [0.29, 0.717) is 0 Å². The maximum absolute atomic E-state index is 8.81. The van der Waals surface area contributed by atoms with E-state index in [-0.39, 0.29) is 0 Å². The molecule has 0 bridgehead atoms. The molecule has 2 N–H and O–H groups in total. The third-order valence-corrected chi connectivity index (χ3v) is 20.4. The molecule has 0 aliphatic heterocycles. The fourth-order valence-electron chi connectivity index (χ4n) is 2.96. The van der Waals surface area contributed by atoms with Crippen LogP contribution in [-0.4, -0.2) is 25.8 Å². The van der Waals surface area contributed by atoms with Crippen molar-refractivity contribution in [2.75, 3.05) is 0 Å². The van der Waals surface area contributed by atoms with Crippen LogP contribution in [0.4, 0.5) is 0 Å². The SMILES string of the molecule is CCC[CH2][Sn]([CH2]CCC)([CH2]CCC)[CH2]CCC.[O]=[Ti]([OH])[OH]. The van der Waals surface area contributed by atoms with Gasteiger partial charge in [0.1, 0.15) is 0 Å². The monoisotopic (exact) mass is 446 g/mol. The molecule has 0 fully saturated rings. The van der Waals surface area contributed by atoms with Crippen LogP contribution < -0.4 is 0 Å². The molecule has 0 radical (unpaired) electrons. The van der Waals surface area contributed by atoms with Gasteiger partial charge in [0.05, 0.1) is 0 Å². The van der Waals surface area contributed by atoms with Crippen LogP contribution >= 0.6 is 0 Å². The Kier molecular flexibility index (Phi) is 20.5. The topological polar surface area (TPSA) is 57.5 Å². The standard InChI is InChI=1S/4C4H9.2H2O.O.Sn.Ti/c4*1-3-4-2;;;;;/h4*1,3-4H2,2H3;2*1H2;;;/q;;;;;;;;+2/p-2. The Morgan fingerprint density at radius 2 is 0.857 bits per heavy atom. The van der Waals surface area contributed by atoms with Crippen molar-refractivity contribution in [2.45, 2.75) is 96.8 Å². The van der Waals surface area contributed by atoms with Crippen molar-refractivity contribution in [3.8, 4) is 0 Å². The van der Waals surface area contributed by atoms with Gasteiger partial charge in [-0.2, -0.15) is 0 Å². The Balaban J connectivity index is 0. The molecule has 0 aromatic heterocycles. The van der Waals surface area contributed by atoms with Crippen molar-refractivity contribution in [2.24, 2.45) is 0 Å². The Morgan fingerprint density at radius 3 is 1.00 bits per heavy atom. The Morgan fingerprint density at radius 1 is 0.667 bits per heavy atom. The predicted octanol–water partition coefficient (Wildman–Crippen LogP) is 5.40. The number of hydrogen-bond donors (Lipinski definition) is 2. The third kappa shape index (κ3) is 17.4. The second-order valence-electron chi connectivity index (χ2n) is 6.20. The van der Waals surface area contributed by atoms with E-state index in [4.69, 9.17) is 10.7 Å². The fraction of sp³-hybridized carbons (Fsp3) is 1.00. The van der Waals surface area contributed by atoms with Gasteiger partial charge in [-0.05, 0) is 0 Å². The molecular weight excluding hydrogens is 407 g/mol. The number of rotatable bonds is 12. The normalized spacial score (nSPS) is 11.0. The van der Waals surface area contributed by atoms with Crippen molar-refractivity contribution in [1.82, 2.24) is 0 Å². The zero-order valence-electron chi connectivity index (χ0n) is 14.8. The van der Waals surface area contributed by atoms with Gasteiger partial charge in [0, 0.05) is 0 Å². The van der Waals surface area contributed by atoms with E-state index in [0.717, 1.165) is 0 Å². The van der Waals surface area contributed by atoms with Crippen molar-refractivity contribution in [1.29, 1.82) is 0 Å². The molecule has 0 rings (SSSR count). The molecule has 0 aromatic carbocycles. The van der Waals surface area contributed by atoms with Crippen molar-refractivity contribution >= 4 is 18.4 Å². The fourth-order valence-corrected chi connectivity index (χ4v) is 19.8. The van der Waals surface area contributed by atoms with Gasteiger partial charge in [0.15, 0.2) is 0 Å². The zero-order chi connectivity index (χ0) is 16.6. The van der Waals surface area contributed by atoms with Crippen LogP contribution in [0.25, 0.3) is 0 Å². The van der Waals surface area contributed by atoms with E-state index >= 15 is 0 Å². The van der Waals surface area contributed by atoms with Crippen LogP contribution in [0, 0.1) is 0 Å². The molecular formula is C16H38O3SnTi. The minimum atomic E-state index is -3.58. The summed E-state index contributed by atoms with van der Waals surface area (Å²) in [6.07, 6.45) is 11.8. The van der Waals surface area contributed by atoms with E-state index in [1.54, 1.807) is 17.7 Å². The summed E-state index contributed by atoms with van der Waals surface area (Å²) in [5.74, 6) is 0. The van der Waals surface area contributed by atoms with E-state index in [9.17, 15) is 0 Å². The summed E-state index contributed by atoms with van der Waals surface area (Å²) in [7, 11) is 0. The molecule has 0 amide bonds. The van der Waals surface area contributed by atoms with Crippen molar-refractivity contribution in [3.05, 3.63) is 0 Å². The van der Waals surface area contributed by atoms with E-state index < -0.39 is 37.0 Å². The average molecular weight is 445 g/mol. The van der Waals surface area contributed by atoms with Crippen LogP contribution in [0.15, 0.2) is 0 Å². The summed E-state index contributed by atoms with van der Waals surface area (Å²) in [6.45, 7) is 9.48. The van der Waals surface area contributed by atoms with Gasteiger partial charge in [-0.1, -0.05) is 0 Å². The Hall–Kier alpha value is 1.23. The molecule has 0 saturated heterocycles. The molecule has 0 heterocycles. The summed E-state index contributed by atoms with van der Waals surface area (Å²) in [5.41, 5.74) is 0. The van der Waals surface area contributed by atoms with Gasteiger partial charge >= 0.3 is 145 Å². The first-order chi connectivity index (χ1) is 9.97. The van der Waals surface area contributed by atoms with Crippen LogP contribution in [-0.2, 0) is 21.9 Å². The van der Waals surface area contributed by atoms with Gasteiger partial charge in [-0.25, -0.2) is 0 Å². The van der Waals surface area contributed by atoms with Gasteiger partial charge in [-0.15, -0.1) is 0 Å². The van der Waals surface area contributed by atoms with E-state index in [1.165, 1.54) is 51.4 Å². The summed E-state index contributed by atoms with van der Waals surface area (Å²) < 4.78 is 30.0. The van der Waals surface area contributed by atoms with Gasteiger partial charge < -0.3 is 0 Å². The second-order valence-corrected chi connectivity index (χ2v) is 21.3. The summed E-state index contributed by atoms with van der Waals surface area (Å²) in [4.78, 5) is 0. The summed E-state index contributed by atoms with van der Waals surface area (Å²) in [5, 5.41) is 0. The first-order valence-corrected chi connectivity index (χ1v) is 19.0. The van der Waals surface area contributed by atoms with Crippen LogP contribution in [0.1, 0.15) is 79.1 Å². The van der Waals surface area contributed by atoms with E-state index in [1.807, 2.05) is 0 Å². The van der Waals surface area contributed by atoms with Crippen LogP contribution in [0.5, 0.6) is 0 Å². The molecule has 0 aliphatic carbocycles. The summed E-state index contributed by atoms with van der Waals surface area (Å²) in [6, 6.07) is 0. The molecule has 0 spiro atoms. The van der Waals surface area contributed by atoms with E-state index in [2.05, 4.69) is 27.7 Å². The first-order valence-electron chi connectivity index (χ1n) is 8.89. The van der Waals surface area contributed by atoms with Gasteiger partial charge in [0.25, 0.3) is 0 Å². The minimum absolute atomic E-state index is 1.42. The van der Waals surface area contributed by atoms with Crippen molar-refractivity contribution in [3.63, 3.8) is 0 Å². The molecule has 0 unspecified atom stereocenters. The second kappa shape index (κ2) is 17.6. The first kappa shape index (κ1) is 24.5. The molecule has 5 heteroatoms. The molecule has 0 saturated carbocycles.